The van der Waals surface area contributed by atoms with Crippen LogP contribution in [0.3, 0.4) is 0 Å². The molecule has 7 nitrogen and oxygen atoms in total. The number of guanidine groups is 1. The largest absolute Gasteiger partial charge is 0.357 e. The summed E-state index contributed by atoms with van der Waals surface area (Å²) in [6.45, 7) is 13.9. The van der Waals surface area contributed by atoms with Crippen LogP contribution in [0.5, 0.6) is 0 Å². The fraction of sp³-hybridized carbons (Fsp3) is 0.625. The summed E-state index contributed by atoms with van der Waals surface area (Å²) < 4.78 is 0. The predicted octanol–water partition coefficient (Wildman–Crippen LogP) is 3.13. The lowest BCUT2D eigenvalue weighted by Crippen LogP contribution is -2.42. The van der Waals surface area contributed by atoms with Crippen LogP contribution in [0.15, 0.2) is 29.3 Å². The van der Waals surface area contributed by atoms with Gasteiger partial charge in [-0.3, -0.25) is 19.5 Å². The van der Waals surface area contributed by atoms with Crippen LogP contribution in [-0.4, -0.2) is 72.9 Å². The Bertz CT molecular complexity index is 710. The van der Waals surface area contributed by atoms with Crippen molar-refractivity contribution in [2.45, 2.75) is 59.4 Å². The highest BCUT2D eigenvalue weighted by Gasteiger charge is 2.34. The van der Waals surface area contributed by atoms with Crippen LogP contribution in [0.1, 0.15) is 74.1 Å². The van der Waals surface area contributed by atoms with Gasteiger partial charge < -0.3 is 15.5 Å². The van der Waals surface area contributed by atoms with Crippen molar-refractivity contribution in [1.29, 1.82) is 0 Å². The SMILES string of the molecule is CCNC(=NCCCCN1C(=O)c2ccccc2C1=O)NC(C)CCCN(CC)CC. The maximum atomic E-state index is 12.4. The smallest absolute Gasteiger partial charge is 0.261 e. The normalized spacial score (nSPS) is 14.9. The molecule has 31 heavy (non-hydrogen) atoms. The fourth-order valence-electron chi connectivity index (χ4n) is 3.80. The molecule has 0 saturated carbocycles. The van der Waals surface area contributed by atoms with Gasteiger partial charge in [0.25, 0.3) is 11.8 Å². The number of amides is 2. The Hall–Kier alpha value is -2.41. The molecule has 2 N–H and O–H groups in total. The summed E-state index contributed by atoms with van der Waals surface area (Å²) in [7, 11) is 0. The number of hydrogen-bond donors (Lipinski definition) is 2. The van der Waals surface area contributed by atoms with Crippen molar-refractivity contribution in [2.24, 2.45) is 4.99 Å². The quantitative estimate of drug-likeness (QED) is 0.218. The van der Waals surface area contributed by atoms with Gasteiger partial charge in [0.05, 0.1) is 11.1 Å². The first-order valence-electron chi connectivity index (χ1n) is 11.7. The Morgan fingerprint density at radius 1 is 1.03 bits per heavy atom. The van der Waals surface area contributed by atoms with Crippen LogP contribution >= 0.6 is 0 Å². The number of carbonyl (C=O) groups is 2. The minimum Gasteiger partial charge on any atom is -0.357 e. The molecular weight excluding hydrogens is 390 g/mol. The van der Waals surface area contributed by atoms with Crippen molar-refractivity contribution in [1.82, 2.24) is 20.4 Å². The van der Waals surface area contributed by atoms with Gasteiger partial charge in [0.1, 0.15) is 0 Å². The zero-order valence-electron chi connectivity index (χ0n) is 19.6. The van der Waals surface area contributed by atoms with Crippen molar-refractivity contribution >= 4 is 17.8 Å². The molecule has 1 unspecified atom stereocenters. The molecule has 2 rings (SSSR count). The number of benzene rings is 1. The number of unbranched alkanes of at least 4 members (excludes halogenated alkanes) is 1. The topological polar surface area (TPSA) is 77.0 Å². The number of hydrogen-bond acceptors (Lipinski definition) is 4. The molecule has 1 atom stereocenters. The first-order chi connectivity index (χ1) is 15.0. The van der Waals surface area contributed by atoms with E-state index in [0.717, 1.165) is 57.8 Å². The van der Waals surface area contributed by atoms with Crippen molar-refractivity contribution in [3.63, 3.8) is 0 Å². The van der Waals surface area contributed by atoms with E-state index in [0.29, 0.717) is 30.3 Å². The molecule has 1 aromatic rings. The molecule has 0 saturated heterocycles. The molecule has 0 spiro atoms. The first kappa shape index (κ1) is 24.9. The summed E-state index contributed by atoms with van der Waals surface area (Å²) in [5.74, 6) is 0.467. The van der Waals surface area contributed by atoms with Crippen LogP contribution in [0.4, 0.5) is 0 Å². The van der Waals surface area contributed by atoms with Gasteiger partial charge in [-0.1, -0.05) is 26.0 Å². The van der Waals surface area contributed by atoms with E-state index in [1.165, 1.54) is 4.90 Å². The summed E-state index contributed by atoms with van der Waals surface area (Å²) in [6, 6.07) is 7.38. The Morgan fingerprint density at radius 2 is 1.68 bits per heavy atom. The molecule has 1 aliphatic rings. The van der Waals surface area contributed by atoms with Crippen LogP contribution in [0, 0.1) is 0 Å². The average molecular weight is 430 g/mol. The van der Waals surface area contributed by atoms with Crippen LogP contribution < -0.4 is 10.6 Å². The third-order valence-electron chi connectivity index (χ3n) is 5.67. The van der Waals surface area contributed by atoms with Crippen LogP contribution in [-0.2, 0) is 0 Å². The van der Waals surface area contributed by atoms with E-state index < -0.39 is 0 Å². The van der Waals surface area contributed by atoms with E-state index in [1.54, 1.807) is 24.3 Å². The molecule has 0 aliphatic carbocycles. The molecule has 1 heterocycles. The number of nitrogens with one attached hydrogen (secondary N) is 2. The summed E-state index contributed by atoms with van der Waals surface area (Å²) in [5, 5.41) is 6.79. The summed E-state index contributed by atoms with van der Waals surface area (Å²) >= 11 is 0. The average Bonchev–Trinajstić information content (AvgIpc) is 3.01. The van der Waals surface area contributed by atoms with Crippen LogP contribution in [0.25, 0.3) is 0 Å². The minimum atomic E-state index is -0.183. The van der Waals surface area contributed by atoms with Gasteiger partial charge in [-0.05, 0) is 71.3 Å². The molecule has 0 radical (unpaired) electrons. The molecule has 7 heteroatoms. The number of imide groups is 1. The second-order valence-electron chi connectivity index (χ2n) is 7.99. The highest BCUT2D eigenvalue weighted by atomic mass is 16.2. The summed E-state index contributed by atoms with van der Waals surface area (Å²) in [4.78, 5) is 33.3. The molecule has 0 fully saturated rings. The van der Waals surface area contributed by atoms with E-state index in [9.17, 15) is 9.59 Å². The highest BCUT2D eigenvalue weighted by molar-refractivity contribution is 6.21. The second-order valence-corrected chi connectivity index (χ2v) is 7.99. The fourth-order valence-corrected chi connectivity index (χ4v) is 3.80. The molecule has 172 valence electrons. The second kappa shape index (κ2) is 13.1. The number of nitrogens with zero attached hydrogens (tertiary/aromatic N) is 3. The van der Waals surface area contributed by atoms with Gasteiger partial charge in [0.2, 0.25) is 0 Å². The monoisotopic (exact) mass is 429 g/mol. The molecule has 0 bridgehead atoms. The zero-order chi connectivity index (χ0) is 22.6. The first-order valence-corrected chi connectivity index (χ1v) is 11.7. The Balaban J connectivity index is 1.72. The third-order valence-corrected chi connectivity index (χ3v) is 5.67. The predicted molar refractivity (Wildman–Crippen MR) is 127 cm³/mol. The van der Waals surface area contributed by atoms with E-state index >= 15 is 0 Å². The van der Waals surface area contributed by atoms with Crippen molar-refractivity contribution in [3.05, 3.63) is 35.4 Å². The lowest BCUT2D eigenvalue weighted by atomic mass is 10.1. The maximum Gasteiger partial charge on any atom is 0.261 e. The van der Waals surface area contributed by atoms with Gasteiger partial charge in [0, 0.05) is 25.7 Å². The van der Waals surface area contributed by atoms with Crippen molar-refractivity contribution in [3.8, 4) is 0 Å². The van der Waals surface area contributed by atoms with E-state index in [1.807, 2.05) is 0 Å². The Morgan fingerprint density at radius 3 is 2.26 bits per heavy atom. The lowest BCUT2D eigenvalue weighted by molar-refractivity contribution is 0.0652. The maximum absolute atomic E-state index is 12.4. The van der Waals surface area contributed by atoms with Gasteiger partial charge in [-0.15, -0.1) is 0 Å². The minimum absolute atomic E-state index is 0.183. The Labute approximate surface area is 187 Å². The zero-order valence-corrected chi connectivity index (χ0v) is 19.6. The van der Waals surface area contributed by atoms with Crippen molar-refractivity contribution < 1.29 is 9.59 Å². The molecule has 2 amide bonds. The van der Waals surface area contributed by atoms with Crippen LogP contribution in [0.2, 0.25) is 0 Å². The number of carbonyl (C=O) groups excluding carboxylic acids is 2. The van der Waals surface area contributed by atoms with E-state index in [-0.39, 0.29) is 11.8 Å². The summed E-state index contributed by atoms with van der Waals surface area (Å²) in [6.07, 6.45) is 3.82. The molecule has 1 aromatic carbocycles. The van der Waals surface area contributed by atoms with Gasteiger partial charge in [-0.2, -0.15) is 0 Å². The van der Waals surface area contributed by atoms with E-state index in [2.05, 4.69) is 48.2 Å². The number of aliphatic imine (C=N–C) groups is 1. The number of rotatable bonds is 13. The number of fused-ring (bicyclic) bond motifs is 1. The lowest BCUT2D eigenvalue weighted by Gasteiger charge is -2.21. The standard InChI is InChI=1S/C24H39N5O2/c1-5-25-24(27-19(4)13-12-17-28(6-2)7-3)26-16-10-11-18-29-22(30)20-14-8-9-15-21(20)23(29)31/h8-9,14-15,19H,5-7,10-13,16-18H2,1-4H3,(H2,25,26,27). The van der Waals surface area contributed by atoms with E-state index in [4.69, 9.17) is 0 Å². The summed E-state index contributed by atoms with van der Waals surface area (Å²) in [5.41, 5.74) is 1.03. The highest BCUT2D eigenvalue weighted by Crippen LogP contribution is 2.22. The Kier molecular flexibility index (Phi) is 10.5. The molecule has 1 aliphatic heterocycles. The van der Waals surface area contributed by atoms with Gasteiger partial charge in [-0.25, -0.2) is 0 Å². The van der Waals surface area contributed by atoms with Gasteiger partial charge in [0.15, 0.2) is 5.96 Å². The van der Waals surface area contributed by atoms with Gasteiger partial charge >= 0.3 is 0 Å². The third kappa shape index (κ3) is 7.35. The van der Waals surface area contributed by atoms with Crippen molar-refractivity contribution in [2.75, 3.05) is 39.3 Å². The molecular formula is C24H39N5O2. The molecule has 0 aromatic heterocycles.